The molecule has 1 aliphatic rings. The molecule has 1 fully saturated rings. The molecule has 130 valence electrons. The maximum atomic E-state index is 5.95. The molecule has 2 atom stereocenters. The largest absolute Gasteiger partial charge is 0.481 e. The molecule has 2 aromatic heterocycles. The Labute approximate surface area is 146 Å². The summed E-state index contributed by atoms with van der Waals surface area (Å²) in [6.07, 6.45) is 0.399. The summed E-state index contributed by atoms with van der Waals surface area (Å²) >= 11 is 1.67. The average molecular weight is 348 g/mol. The van der Waals surface area contributed by atoms with E-state index >= 15 is 0 Å². The summed E-state index contributed by atoms with van der Waals surface area (Å²) < 4.78 is 11.1. The predicted octanol–water partition coefficient (Wildman–Crippen LogP) is 2.59. The van der Waals surface area contributed by atoms with Gasteiger partial charge < -0.3 is 20.1 Å². The van der Waals surface area contributed by atoms with Gasteiger partial charge in [0.25, 0.3) is 0 Å². The smallest absolute Gasteiger partial charge is 0.213 e. The third-order valence-electron chi connectivity index (χ3n) is 3.97. The Kier molecular flexibility index (Phi) is 5.03. The lowest BCUT2D eigenvalue weighted by Crippen LogP contribution is -2.45. The van der Waals surface area contributed by atoms with E-state index in [1.807, 2.05) is 19.1 Å². The maximum absolute atomic E-state index is 5.95. The lowest BCUT2D eigenvalue weighted by Gasteiger charge is -2.35. The van der Waals surface area contributed by atoms with Crippen LogP contribution in [0, 0.1) is 6.92 Å². The topological polar surface area (TPSA) is 73.5 Å². The SMILES string of the molecule is COc1cc(-c2sc(N3CC(C)OC(C)C3)nc2CN)cc(C)n1. The quantitative estimate of drug-likeness (QED) is 0.915. The second kappa shape index (κ2) is 7.04. The summed E-state index contributed by atoms with van der Waals surface area (Å²) in [6.45, 7) is 8.25. The Hall–Kier alpha value is -1.70. The standard InChI is InChI=1S/C17H24N4O2S/c1-10-5-13(6-15(19-10)22-4)16-14(7-18)20-17(24-16)21-8-11(2)23-12(3)9-21/h5-6,11-12H,7-9,18H2,1-4H3. The Morgan fingerprint density at radius 1 is 1.29 bits per heavy atom. The molecule has 2 N–H and O–H groups in total. The number of anilines is 1. The number of thiazole rings is 1. The molecule has 3 heterocycles. The molecule has 0 aliphatic carbocycles. The highest BCUT2D eigenvalue weighted by atomic mass is 32.1. The van der Waals surface area contributed by atoms with E-state index in [1.165, 1.54) is 0 Å². The summed E-state index contributed by atoms with van der Waals surface area (Å²) in [5.41, 5.74) is 8.83. The Morgan fingerprint density at radius 2 is 2.00 bits per heavy atom. The molecule has 6 nitrogen and oxygen atoms in total. The van der Waals surface area contributed by atoms with Crippen LogP contribution in [0.3, 0.4) is 0 Å². The van der Waals surface area contributed by atoms with E-state index in [2.05, 4.69) is 23.7 Å². The Balaban J connectivity index is 1.97. The molecule has 7 heteroatoms. The number of hydrogen-bond acceptors (Lipinski definition) is 7. The van der Waals surface area contributed by atoms with Gasteiger partial charge in [-0.2, -0.15) is 0 Å². The highest BCUT2D eigenvalue weighted by molar-refractivity contribution is 7.19. The van der Waals surface area contributed by atoms with E-state index in [-0.39, 0.29) is 12.2 Å². The van der Waals surface area contributed by atoms with Crippen LogP contribution in [0.1, 0.15) is 25.2 Å². The van der Waals surface area contributed by atoms with Gasteiger partial charge >= 0.3 is 0 Å². The molecule has 1 aliphatic heterocycles. The van der Waals surface area contributed by atoms with Gasteiger partial charge in [0.2, 0.25) is 5.88 Å². The van der Waals surface area contributed by atoms with E-state index in [1.54, 1.807) is 18.4 Å². The van der Waals surface area contributed by atoms with Crippen molar-refractivity contribution in [1.82, 2.24) is 9.97 Å². The summed E-state index contributed by atoms with van der Waals surface area (Å²) in [6, 6.07) is 3.98. The first kappa shape index (κ1) is 17.1. The molecule has 3 rings (SSSR count). The van der Waals surface area contributed by atoms with Gasteiger partial charge in [0.05, 0.1) is 29.9 Å². The number of aromatic nitrogens is 2. The van der Waals surface area contributed by atoms with Gasteiger partial charge in [-0.3, -0.25) is 0 Å². The summed E-state index contributed by atoms with van der Waals surface area (Å²) in [7, 11) is 1.63. The number of pyridine rings is 1. The first-order valence-corrected chi connectivity index (χ1v) is 8.95. The molecule has 0 aromatic carbocycles. The van der Waals surface area contributed by atoms with Crippen LogP contribution in [0.4, 0.5) is 5.13 Å². The zero-order valence-electron chi connectivity index (χ0n) is 14.6. The minimum Gasteiger partial charge on any atom is -0.481 e. The second-order valence-corrected chi connectivity index (χ2v) is 7.16. The highest BCUT2D eigenvalue weighted by Crippen LogP contribution is 2.37. The van der Waals surface area contributed by atoms with E-state index in [0.29, 0.717) is 12.4 Å². The normalized spacial score (nSPS) is 21.1. The zero-order chi connectivity index (χ0) is 17.3. The van der Waals surface area contributed by atoms with Crippen molar-refractivity contribution in [3.63, 3.8) is 0 Å². The third-order valence-corrected chi connectivity index (χ3v) is 5.18. The van der Waals surface area contributed by atoms with Gasteiger partial charge in [0.15, 0.2) is 5.13 Å². The van der Waals surface area contributed by atoms with Gasteiger partial charge in [-0.15, -0.1) is 0 Å². The molecule has 0 spiro atoms. The van der Waals surface area contributed by atoms with Crippen molar-refractivity contribution in [3.8, 4) is 16.3 Å². The van der Waals surface area contributed by atoms with Gasteiger partial charge in [-0.05, 0) is 26.8 Å². The van der Waals surface area contributed by atoms with Crippen LogP contribution < -0.4 is 15.4 Å². The van der Waals surface area contributed by atoms with Crippen LogP contribution in [0.2, 0.25) is 0 Å². The van der Waals surface area contributed by atoms with Gasteiger partial charge in [0, 0.05) is 37.0 Å². The number of morpholine rings is 1. The number of nitrogens with zero attached hydrogens (tertiary/aromatic N) is 3. The molecule has 0 saturated carbocycles. The van der Waals surface area contributed by atoms with E-state index < -0.39 is 0 Å². The Bertz CT molecular complexity index is 709. The van der Waals surface area contributed by atoms with Crippen LogP contribution in [0.5, 0.6) is 5.88 Å². The predicted molar refractivity (Wildman–Crippen MR) is 96.7 cm³/mol. The maximum Gasteiger partial charge on any atom is 0.213 e. The zero-order valence-corrected chi connectivity index (χ0v) is 15.4. The van der Waals surface area contributed by atoms with Crippen LogP contribution in [-0.4, -0.2) is 42.4 Å². The minimum absolute atomic E-state index is 0.200. The van der Waals surface area contributed by atoms with E-state index in [4.69, 9.17) is 20.2 Å². The van der Waals surface area contributed by atoms with Crippen molar-refractivity contribution in [3.05, 3.63) is 23.5 Å². The molecular formula is C17H24N4O2S. The van der Waals surface area contributed by atoms with Gasteiger partial charge in [-0.25, -0.2) is 9.97 Å². The van der Waals surface area contributed by atoms with Crippen molar-refractivity contribution in [2.75, 3.05) is 25.1 Å². The van der Waals surface area contributed by atoms with Crippen molar-refractivity contribution in [2.45, 2.75) is 39.5 Å². The third kappa shape index (κ3) is 3.53. The average Bonchev–Trinajstić information content (AvgIpc) is 2.97. The fourth-order valence-electron chi connectivity index (χ4n) is 3.05. The van der Waals surface area contributed by atoms with Crippen LogP contribution in [0.25, 0.3) is 10.4 Å². The lowest BCUT2D eigenvalue weighted by atomic mass is 10.1. The Morgan fingerprint density at radius 3 is 2.62 bits per heavy atom. The van der Waals surface area contributed by atoms with Gasteiger partial charge in [0.1, 0.15) is 0 Å². The highest BCUT2D eigenvalue weighted by Gasteiger charge is 2.26. The molecular weight excluding hydrogens is 324 g/mol. The van der Waals surface area contributed by atoms with Crippen molar-refractivity contribution >= 4 is 16.5 Å². The van der Waals surface area contributed by atoms with E-state index in [9.17, 15) is 0 Å². The van der Waals surface area contributed by atoms with Crippen LogP contribution >= 0.6 is 11.3 Å². The summed E-state index contributed by atoms with van der Waals surface area (Å²) in [5, 5.41) is 1.00. The number of methoxy groups -OCH3 is 1. The number of ether oxygens (including phenoxy) is 2. The first-order chi connectivity index (χ1) is 11.5. The van der Waals surface area contributed by atoms with Gasteiger partial charge in [-0.1, -0.05) is 11.3 Å². The molecule has 0 bridgehead atoms. The molecule has 24 heavy (non-hydrogen) atoms. The van der Waals surface area contributed by atoms with Crippen molar-refractivity contribution in [2.24, 2.45) is 5.73 Å². The number of aryl methyl sites for hydroxylation is 1. The number of hydrogen-bond donors (Lipinski definition) is 1. The van der Waals surface area contributed by atoms with Crippen molar-refractivity contribution < 1.29 is 9.47 Å². The summed E-state index contributed by atoms with van der Waals surface area (Å²) in [4.78, 5) is 12.5. The monoisotopic (exact) mass is 348 g/mol. The van der Waals surface area contributed by atoms with Crippen LogP contribution in [-0.2, 0) is 11.3 Å². The minimum atomic E-state index is 0.200. The molecule has 0 radical (unpaired) electrons. The molecule has 1 saturated heterocycles. The number of nitrogens with two attached hydrogens (primary N) is 1. The molecule has 0 amide bonds. The molecule has 2 unspecified atom stereocenters. The fourth-order valence-corrected chi connectivity index (χ4v) is 4.15. The molecule has 2 aromatic rings. The van der Waals surface area contributed by atoms with Crippen molar-refractivity contribution in [1.29, 1.82) is 0 Å². The second-order valence-electron chi connectivity index (χ2n) is 6.18. The van der Waals surface area contributed by atoms with Crippen LogP contribution in [0.15, 0.2) is 12.1 Å². The number of rotatable bonds is 4. The van der Waals surface area contributed by atoms with E-state index in [0.717, 1.165) is 40.0 Å². The lowest BCUT2D eigenvalue weighted by molar-refractivity contribution is -0.00523. The first-order valence-electron chi connectivity index (χ1n) is 8.13. The fraction of sp³-hybridized carbons (Fsp3) is 0.529. The summed E-state index contributed by atoms with van der Waals surface area (Å²) in [5.74, 6) is 0.608.